The summed E-state index contributed by atoms with van der Waals surface area (Å²) in [5, 5.41) is 0. The maximum atomic E-state index is 13.5. The molecular weight excluding hydrogens is 532 g/mol. The van der Waals surface area contributed by atoms with Crippen LogP contribution in [0.25, 0.3) is 0 Å². The van der Waals surface area contributed by atoms with E-state index in [1.807, 2.05) is 29.2 Å². The number of benzene rings is 1. The van der Waals surface area contributed by atoms with Gasteiger partial charge in [-0.05, 0) is 81.2 Å². The minimum Gasteiger partial charge on any atom is -0.465 e. The van der Waals surface area contributed by atoms with Crippen molar-refractivity contribution in [1.29, 1.82) is 0 Å². The van der Waals surface area contributed by atoms with Gasteiger partial charge >= 0.3 is 11.9 Å². The molecule has 8 nitrogen and oxygen atoms in total. The van der Waals surface area contributed by atoms with Crippen molar-refractivity contribution in [1.82, 2.24) is 4.90 Å². The number of carbonyl (C=O) groups excluding carboxylic acids is 3. The van der Waals surface area contributed by atoms with Gasteiger partial charge < -0.3 is 23.7 Å². The van der Waals surface area contributed by atoms with E-state index in [1.165, 1.54) is 33.1 Å². The van der Waals surface area contributed by atoms with Crippen LogP contribution >= 0.6 is 0 Å². The number of hydrogen-bond acceptors (Lipinski definition) is 7. The number of furan rings is 1. The zero-order chi connectivity index (χ0) is 30.1. The molecule has 1 saturated heterocycles. The number of nitrogens with zero attached hydrogens (tertiary/aromatic N) is 2. The fourth-order valence-corrected chi connectivity index (χ4v) is 6.97. The first kappa shape index (κ1) is 31.8. The first-order valence-corrected chi connectivity index (χ1v) is 15.6. The van der Waals surface area contributed by atoms with E-state index in [-0.39, 0.29) is 54.4 Å². The van der Waals surface area contributed by atoms with Gasteiger partial charge in [-0.3, -0.25) is 14.4 Å². The van der Waals surface area contributed by atoms with Gasteiger partial charge in [0.05, 0.1) is 19.5 Å². The number of ether oxygens (including phenoxy) is 2. The van der Waals surface area contributed by atoms with Crippen LogP contribution in [0, 0.1) is 24.2 Å². The molecule has 1 unspecified atom stereocenters. The van der Waals surface area contributed by atoms with Gasteiger partial charge in [0, 0.05) is 44.6 Å². The topological polar surface area (TPSA) is 89.3 Å². The molecule has 1 aliphatic heterocycles. The molecule has 1 aromatic heterocycles. The van der Waals surface area contributed by atoms with E-state index in [2.05, 4.69) is 18.7 Å². The fraction of sp³-hybridized carbons (Fsp3) is 0.618. The van der Waals surface area contributed by atoms with Crippen LogP contribution in [-0.4, -0.2) is 61.6 Å². The highest BCUT2D eigenvalue weighted by Gasteiger charge is 2.42. The molecule has 0 N–H and O–H groups in total. The Bertz CT molecular complexity index is 1130. The summed E-state index contributed by atoms with van der Waals surface area (Å²) in [6, 6.07) is 11.7. The number of amides is 1. The van der Waals surface area contributed by atoms with Crippen LogP contribution in [0.3, 0.4) is 0 Å². The molecule has 1 aliphatic carbocycles. The monoisotopic (exact) mass is 580 g/mol. The summed E-state index contributed by atoms with van der Waals surface area (Å²) in [6.45, 7) is 10.5. The number of likely N-dealkylation sites (tertiary alicyclic amines) is 1. The zero-order valence-corrected chi connectivity index (χ0v) is 25.8. The van der Waals surface area contributed by atoms with E-state index in [1.54, 1.807) is 18.4 Å². The number of piperidine rings is 1. The smallest absolute Gasteiger partial charge is 0.302 e. The van der Waals surface area contributed by atoms with Gasteiger partial charge in [-0.1, -0.05) is 43.9 Å². The van der Waals surface area contributed by atoms with E-state index in [9.17, 15) is 14.4 Å². The summed E-state index contributed by atoms with van der Waals surface area (Å²) in [6.07, 6.45) is 10.3. The lowest BCUT2D eigenvalue weighted by Crippen LogP contribution is -2.49. The van der Waals surface area contributed by atoms with Crippen LogP contribution in [-0.2, 0) is 19.1 Å². The average molecular weight is 581 g/mol. The van der Waals surface area contributed by atoms with Gasteiger partial charge in [0.1, 0.15) is 0 Å². The molecule has 1 aromatic carbocycles. The van der Waals surface area contributed by atoms with Crippen LogP contribution in [0.15, 0.2) is 47.1 Å². The first-order valence-electron chi connectivity index (χ1n) is 15.6. The molecule has 42 heavy (non-hydrogen) atoms. The Hall–Kier alpha value is -3.13. The van der Waals surface area contributed by atoms with E-state index in [0.29, 0.717) is 5.76 Å². The highest BCUT2D eigenvalue weighted by molar-refractivity contribution is 6.04. The van der Waals surface area contributed by atoms with E-state index in [4.69, 9.17) is 13.9 Å². The second kappa shape index (κ2) is 14.9. The molecule has 2 fully saturated rings. The summed E-state index contributed by atoms with van der Waals surface area (Å²) >= 11 is 0. The largest absolute Gasteiger partial charge is 0.465 e. The van der Waals surface area contributed by atoms with Crippen LogP contribution < -0.4 is 4.90 Å². The predicted molar refractivity (Wildman–Crippen MR) is 162 cm³/mol. The van der Waals surface area contributed by atoms with Crippen LogP contribution in [0.1, 0.15) is 88.3 Å². The standard InChI is InChI=1S/C34H48N2O6/c1-25-10-12-30(13-11-25)36(33(39)32-9-8-22-40-32)31-14-19-35(20-15-31)21-18-34(16-6-5-7-17-34)26(2)29(23-41-27(3)37)24-42-28(4)38/h8-13,22,26,29,31H,5-7,14-21,23-24H2,1-4H3. The summed E-state index contributed by atoms with van der Waals surface area (Å²) < 4.78 is 16.4. The van der Waals surface area contributed by atoms with Gasteiger partial charge in [0.25, 0.3) is 5.91 Å². The molecule has 4 rings (SSSR count). The molecule has 0 spiro atoms. The third-order valence-corrected chi connectivity index (χ3v) is 9.63. The third-order valence-electron chi connectivity index (χ3n) is 9.63. The maximum absolute atomic E-state index is 13.5. The minimum atomic E-state index is -0.305. The Morgan fingerprint density at radius 1 is 0.976 bits per heavy atom. The molecule has 1 saturated carbocycles. The second-order valence-electron chi connectivity index (χ2n) is 12.4. The van der Waals surface area contributed by atoms with Crippen molar-refractivity contribution in [2.45, 2.75) is 85.1 Å². The Kier molecular flexibility index (Phi) is 11.2. The highest BCUT2D eigenvalue weighted by Crippen LogP contribution is 2.48. The predicted octanol–water partition coefficient (Wildman–Crippen LogP) is 6.42. The maximum Gasteiger partial charge on any atom is 0.302 e. The fourth-order valence-electron chi connectivity index (χ4n) is 6.97. The lowest BCUT2D eigenvalue weighted by Gasteiger charge is -2.47. The van der Waals surface area contributed by atoms with Crippen molar-refractivity contribution in [2.75, 3.05) is 37.7 Å². The molecule has 8 heteroatoms. The van der Waals surface area contributed by atoms with Crippen molar-refractivity contribution in [3.63, 3.8) is 0 Å². The normalized spacial score (nSPS) is 18.4. The molecule has 2 heterocycles. The molecule has 1 atom stereocenters. The summed E-state index contributed by atoms with van der Waals surface area (Å²) in [7, 11) is 0. The summed E-state index contributed by atoms with van der Waals surface area (Å²) in [4.78, 5) is 41.2. The van der Waals surface area contributed by atoms with Crippen LogP contribution in [0.5, 0.6) is 0 Å². The van der Waals surface area contributed by atoms with Crippen molar-refractivity contribution in [3.8, 4) is 0 Å². The molecule has 0 bridgehead atoms. The number of esters is 2. The van der Waals surface area contributed by atoms with E-state index >= 15 is 0 Å². The Morgan fingerprint density at radius 2 is 1.60 bits per heavy atom. The average Bonchev–Trinajstić information content (AvgIpc) is 3.53. The molecule has 2 aliphatic rings. The van der Waals surface area contributed by atoms with Gasteiger partial charge in [-0.2, -0.15) is 0 Å². The van der Waals surface area contributed by atoms with Crippen molar-refractivity contribution >= 4 is 23.5 Å². The minimum absolute atomic E-state index is 0.0303. The van der Waals surface area contributed by atoms with Gasteiger partial charge in [0.15, 0.2) is 5.76 Å². The second-order valence-corrected chi connectivity index (χ2v) is 12.4. The lowest BCUT2D eigenvalue weighted by atomic mass is 9.61. The van der Waals surface area contributed by atoms with Gasteiger partial charge in [0.2, 0.25) is 0 Å². The summed E-state index contributed by atoms with van der Waals surface area (Å²) in [5.41, 5.74) is 2.18. The van der Waals surface area contributed by atoms with Crippen LogP contribution in [0.2, 0.25) is 0 Å². The third kappa shape index (κ3) is 8.24. The number of anilines is 1. The quantitative estimate of drug-likeness (QED) is 0.268. The summed E-state index contributed by atoms with van der Waals surface area (Å²) in [5.74, 6) is -0.122. The van der Waals surface area contributed by atoms with Crippen LogP contribution in [0.4, 0.5) is 5.69 Å². The number of carbonyl (C=O) groups is 3. The first-order chi connectivity index (χ1) is 20.2. The Morgan fingerprint density at radius 3 is 2.14 bits per heavy atom. The number of rotatable bonds is 12. The molecule has 230 valence electrons. The zero-order valence-electron chi connectivity index (χ0n) is 25.8. The van der Waals surface area contributed by atoms with Gasteiger partial charge in [-0.25, -0.2) is 0 Å². The highest BCUT2D eigenvalue weighted by atomic mass is 16.5. The lowest BCUT2D eigenvalue weighted by molar-refractivity contribution is -0.149. The number of hydrogen-bond donors (Lipinski definition) is 0. The Labute approximate surface area is 250 Å². The molecule has 0 radical (unpaired) electrons. The van der Waals surface area contributed by atoms with E-state index in [0.717, 1.165) is 63.0 Å². The molecule has 2 aromatic rings. The van der Waals surface area contributed by atoms with Crippen molar-refractivity contribution in [3.05, 3.63) is 54.0 Å². The van der Waals surface area contributed by atoms with E-state index < -0.39 is 0 Å². The Balaban J connectivity index is 1.42. The molecule has 1 amide bonds. The van der Waals surface area contributed by atoms with Crippen molar-refractivity contribution < 1.29 is 28.3 Å². The number of aryl methyl sites for hydroxylation is 1. The van der Waals surface area contributed by atoms with Crippen molar-refractivity contribution in [2.24, 2.45) is 17.3 Å². The SMILES string of the molecule is CC(=O)OCC(COC(C)=O)C(C)C1(CCN2CCC(N(C(=O)c3ccco3)c3ccc(C)cc3)CC2)CCCCC1. The van der Waals surface area contributed by atoms with Gasteiger partial charge in [-0.15, -0.1) is 0 Å². The molecular formula is C34H48N2O6.